The molecule has 0 heterocycles. The van der Waals surface area contributed by atoms with Crippen LogP contribution in [0.4, 0.5) is 5.69 Å². The fourth-order valence-corrected chi connectivity index (χ4v) is 6.58. The molecule has 0 saturated heterocycles. The average molecular weight is 631 g/mol. The molecule has 1 N–H and O–H groups in total. The van der Waals surface area contributed by atoms with Crippen molar-refractivity contribution >= 4 is 50.7 Å². The van der Waals surface area contributed by atoms with Crippen LogP contribution in [0.2, 0.25) is 10.0 Å². The van der Waals surface area contributed by atoms with Crippen molar-refractivity contribution in [1.29, 1.82) is 0 Å². The molecule has 1 atom stereocenters. The largest absolute Gasteiger partial charge is 0.352 e. The Balaban J connectivity index is 1.73. The van der Waals surface area contributed by atoms with Gasteiger partial charge in [-0.2, -0.15) is 0 Å². The van der Waals surface area contributed by atoms with Crippen molar-refractivity contribution in [3.05, 3.63) is 99.5 Å². The van der Waals surface area contributed by atoms with Gasteiger partial charge in [0, 0.05) is 29.1 Å². The van der Waals surface area contributed by atoms with E-state index in [1.165, 1.54) is 4.90 Å². The molecule has 3 aromatic carbocycles. The molecule has 1 aliphatic carbocycles. The minimum absolute atomic E-state index is 0.00318. The van der Waals surface area contributed by atoms with Crippen molar-refractivity contribution in [2.45, 2.75) is 64.1 Å². The highest BCUT2D eigenvalue weighted by Crippen LogP contribution is 2.26. The van der Waals surface area contributed by atoms with Crippen LogP contribution >= 0.6 is 23.2 Å². The van der Waals surface area contributed by atoms with E-state index in [9.17, 15) is 18.0 Å². The molecule has 1 unspecified atom stereocenters. The van der Waals surface area contributed by atoms with E-state index >= 15 is 0 Å². The fraction of sp³-hybridized carbons (Fsp3) is 0.375. The summed E-state index contributed by atoms with van der Waals surface area (Å²) in [4.78, 5) is 29.6. The zero-order chi connectivity index (χ0) is 30.3. The second-order valence-electron chi connectivity index (χ2n) is 10.7. The van der Waals surface area contributed by atoms with Gasteiger partial charge in [-0.25, -0.2) is 8.42 Å². The van der Waals surface area contributed by atoms with E-state index in [-0.39, 0.29) is 24.9 Å². The highest BCUT2D eigenvalue weighted by molar-refractivity contribution is 7.92. The molecule has 224 valence electrons. The third-order valence-corrected chi connectivity index (χ3v) is 9.37. The number of hydrogen-bond acceptors (Lipinski definition) is 4. The Kier molecular flexibility index (Phi) is 10.9. The van der Waals surface area contributed by atoms with E-state index in [1.54, 1.807) is 30.3 Å². The van der Waals surface area contributed by atoms with Gasteiger partial charge in [-0.1, -0.05) is 91.5 Å². The van der Waals surface area contributed by atoms with Crippen LogP contribution in [0.15, 0.2) is 72.8 Å². The standard InChI is InChI=1S/C32H37Cl2N3O4S/c1-3-23-13-17-28(18-14-23)37(42(2,40)41)22-31(38)36(21-25-15-16-26(33)20-29(25)34)30(19-24-9-5-4-6-10-24)32(39)35-27-11-7-8-12-27/h4-6,9-10,13-18,20,27,30H,3,7-8,11-12,19,21-22H2,1-2H3,(H,35,39). The molecular formula is C32H37Cl2N3O4S. The van der Waals surface area contributed by atoms with Crippen LogP contribution < -0.4 is 9.62 Å². The Morgan fingerprint density at radius 1 is 0.952 bits per heavy atom. The Morgan fingerprint density at radius 3 is 2.21 bits per heavy atom. The maximum atomic E-state index is 14.2. The zero-order valence-electron chi connectivity index (χ0n) is 23.9. The number of amides is 2. The van der Waals surface area contributed by atoms with E-state index in [4.69, 9.17) is 23.2 Å². The SMILES string of the molecule is CCc1ccc(N(CC(=O)N(Cc2ccc(Cl)cc2Cl)C(Cc2ccccc2)C(=O)NC2CCCC2)S(C)(=O)=O)cc1. The van der Waals surface area contributed by atoms with Crippen LogP contribution in [0.1, 0.15) is 49.3 Å². The number of anilines is 1. The molecule has 0 spiro atoms. The molecule has 1 saturated carbocycles. The summed E-state index contributed by atoms with van der Waals surface area (Å²) in [6.07, 6.45) is 5.97. The topological polar surface area (TPSA) is 86.8 Å². The van der Waals surface area contributed by atoms with E-state index in [0.29, 0.717) is 21.3 Å². The molecule has 0 radical (unpaired) electrons. The monoisotopic (exact) mass is 629 g/mol. The van der Waals surface area contributed by atoms with Crippen LogP contribution in [0.5, 0.6) is 0 Å². The van der Waals surface area contributed by atoms with Gasteiger partial charge in [0.15, 0.2) is 0 Å². The first kappa shape index (κ1) is 31.9. The van der Waals surface area contributed by atoms with Gasteiger partial charge in [0.05, 0.1) is 11.9 Å². The third kappa shape index (κ3) is 8.49. The Hall–Kier alpha value is -3.07. The summed E-state index contributed by atoms with van der Waals surface area (Å²) in [5.41, 5.74) is 2.89. The summed E-state index contributed by atoms with van der Waals surface area (Å²) in [5.74, 6) is -0.795. The van der Waals surface area contributed by atoms with Crippen LogP contribution in [-0.2, 0) is 39.0 Å². The van der Waals surface area contributed by atoms with Crippen LogP contribution in [0.25, 0.3) is 0 Å². The number of halogens is 2. The predicted octanol–water partition coefficient (Wildman–Crippen LogP) is 6.02. The number of sulfonamides is 1. The molecule has 42 heavy (non-hydrogen) atoms. The minimum atomic E-state index is -3.83. The summed E-state index contributed by atoms with van der Waals surface area (Å²) in [7, 11) is -3.83. The van der Waals surface area contributed by atoms with Crippen molar-refractivity contribution in [2.75, 3.05) is 17.1 Å². The summed E-state index contributed by atoms with van der Waals surface area (Å²) in [6.45, 7) is 1.53. The van der Waals surface area contributed by atoms with Gasteiger partial charge in [-0.15, -0.1) is 0 Å². The second kappa shape index (κ2) is 14.4. The first-order valence-electron chi connectivity index (χ1n) is 14.2. The second-order valence-corrected chi connectivity index (χ2v) is 13.5. The Labute approximate surface area is 258 Å². The molecule has 0 aliphatic heterocycles. The highest BCUT2D eigenvalue weighted by Gasteiger charge is 2.34. The van der Waals surface area contributed by atoms with E-state index < -0.39 is 28.5 Å². The van der Waals surface area contributed by atoms with Crippen molar-refractivity contribution in [2.24, 2.45) is 0 Å². The number of rotatable bonds is 12. The molecule has 4 rings (SSSR count). The summed E-state index contributed by atoms with van der Waals surface area (Å²) in [5, 5.41) is 3.95. The maximum absolute atomic E-state index is 14.2. The number of nitrogens with zero attached hydrogens (tertiary/aromatic N) is 2. The molecule has 1 aliphatic rings. The first-order chi connectivity index (χ1) is 20.0. The fourth-order valence-electron chi connectivity index (χ4n) is 5.27. The molecule has 10 heteroatoms. The summed E-state index contributed by atoms with van der Waals surface area (Å²) < 4.78 is 27.0. The van der Waals surface area contributed by atoms with Gasteiger partial charge in [0.2, 0.25) is 21.8 Å². The van der Waals surface area contributed by atoms with Crippen LogP contribution in [-0.4, -0.2) is 50.0 Å². The quantitative estimate of drug-likeness (QED) is 0.265. The number of carbonyl (C=O) groups excluding carboxylic acids is 2. The van der Waals surface area contributed by atoms with Gasteiger partial charge in [0.1, 0.15) is 12.6 Å². The average Bonchev–Trinajstić information content (AvgIpc) is 3.47. The summed E-state index contributed by atoms with van der Waals surface area (Å²) >= 11 is 12.7. The van der Waals surface area contributed by atoms with E-state index in [1.807, 2.05) is 49.4 Å². The maximum Gasteiger partial charge on any atom is 0.244 e. The predicted molar refractivity (Wildman–Crippen MR) is 169 cm³/mol. The number of hydrogen-bond donors (Lipinski definition) is 1. The van der Waals surface area contributed by atoms with Crippen LogP contribution in [0, 0.1) is 0 Å². The first-order valence-corrected chi connectivity index (χ1v) is 16.8. The Morgan fingerprint density at radius 2 is 1.62 bits per heavy atom. The molecule has 0 bridgehead atoms. The lowest BCUT2D eigenvalue weighted by Crippen LogP contribution is -2.54. The third-order valence-electron chi connectivity index (χ3n) is 7.64. The molecule has 1 fully saturated rings. The number of nitrogens with one attached hydrogen (secondary N) is 1. The lowest BCUT2D eigenvalue weighted by Gasteiger charge is -2.34. The van der Waals surface area contributed by atoms with E-state index in [2.05, 4.69) is 5.32 Å². The van der Waals surface area contributed by atoms with Gasteiger partial charge in [0.25, 0.3) is 0 Å². The molecular weight excluding hydrogens is 593 g/mol. The van der Waals surface area contributed by atoms with Crippen LogP contribution in [0.3, 0.4) is 0 Å². The molecule has 0 aromatic heterocycles. The van der Waals surface area contributed by atoms with Gasteiger partial charge < -0.3 is 10.2 Å². The highest BCUT2D eigenvalue weighted by atomic mass is 35.5. The summed E-state index contributed by atoms with van der Waals surface area (Å²) in [6, 6.07) is 20.7. The van der Waals surface area contributed by atoms with Gasteiger partial charge in [-0.3, -0.25) is 13.9 Å². The zero-order valence-corrected chi connectivity index (χ0v) is 26.3. The number of benzene rings is 3. The minimum Gasteiger partial charge on any atom is -0.352 e. The lowest BCUT2D eigenvalue weighted by atomic mass is 10.0. The number of aryl methyl sites for hydroxylation is 1. The molecule has 2 amide bonds. The smallest absolute Gasteiger partial charge is 0.244 e. The van der Waals surface area contributed by atoms with E-state index in [0.717, 1.165) is 53.8 Å². The van der Waals surface area contributed by atoms with Gasteiger partial charge in [-0.05, 0) is 60.2 Å². The van der Waals surface area contributed by atoms with Gasteiger partial charge >= 0.3 is 0 Å². The van der Waals surface area contributed by atoms with Crippen molar-refractivity contribution in [3.63, 3.8) is 0 Å². The Bertz CT molecular complexity index is 1480. The normalized spacial score (nSPS) is 14.4. The lowest BCUT2D eigenvalue weighted by molar-refractivity contribution is -0.140. The van der Waals surface area contributed by atoms with Crippen molar-refractivity contribution in [1.82, 2.24) is 10.2 Å². The van der Waals surface area contributed by atoms with Crippen molar-refractivity contribution < 1.29 is 18.0 Å². The number of carbonyl (C=O) groups is 2. The van der Waals surface area contributed by atoms with Crippen molar-refractivity contribution in [3.8, 4) is 0 Å². The molecule has 3 aromatic rings. The molecule has 7 nitrogen and oxygen atoms in total.